The molecule has 3 N–H and O–H groups in total. The molecule has 1 fully saturated rings. The van der Waals surface area contributed by atoms with Crippen molar-refractivity contribution in [3.8, 4) is 11.1 Å². The normalized spacial score (nSPS) is 17.6. The summed E-state index contributed by atoms with van der Waals surface area (Å²) in [7, 11) is 0. The number of benzene rings is 2. The number of fused-ring (bicyclic) bond motifs is 3. The fraction of sp³-hybridized carbons (Fsp3) is 0.444. The molecule has 34 heavy (non-hydrogen) atoms. The van der Waals surface area contributed by atoms with Crippen molar-refractivity contribution in [2.75, 3.05) is 6.61 Å². The maximum absolute atomic E-state index is 12.6. The molecule has 180 valence electrons. The second-order valence-corrected chi connectivity index (χ2v) is 9.42. The number of nitrogens with one attached hydrogen (secondary N) is 2. The summed E-state index contributed by atoms with van der Waals surface area (Å²) in [5, 5.41) is 15.2. The molecule has 7 heteroatoms. The van der Waals surface area contributed by atoms with Crippen molar-refractivity contribution in [1.82, 2.24) is 10.6 Å². The van der Waals surface area contributed by atoms with Crippen LogP contribution >= 0.6 is 0 Å². The Kier molecular flexibility index (Phi) is 7.20. The van der Waals surface area contributed by atoms with Crippen LogP contribution in [0.2, 0.25) is 0 Å². The molecule has 1 saturated carbocycles. The summed E-state index contributed by atoms with van der Waals surface area (Å²) < 4.78 is 5.54. The van der Waals surface area contributed by atoms with E-state index in [1.165, 1.54) is 0 Å². The van der Waals surface area contributed by atoms with Crippen molar-refractivity contribution in [1.29, 1.82) is 0 Å². The Hall–Kier alpha value is -3.35. The topological polar surface area (TPSA) is 105 Å². The number of ether oxygens (including phenoxy) is 1. The Morgan fingerprint density at radius 1 is 0.971 bits per heavy atom. The van der Waals surface area contributed by atoms with Crippen LogP contribution in [-0.2, 0) is 14.3 Å². The van der Waals surface area contributed by atoms with Crippen LogP contribution in [0.5, 0.6) is 0 Å². The zero-order valence-electron chi connectivity index (χ0n) is 19.5. The number of aliphatic carboxylic acids is 1. The van der Waals surface area contributed by atoms with E-state index < -0.39 is 23.6 Å². The van der Waals surface area contributed by atoms with Gasteiger partial charge in [-0.05, 0) is 42.0 Å². The van der Waals surface area contributed by atoms with Crippen LogP contribution in [0, 0.1) is 0 Å². The van der Waals surface area contributed by atoms with Gasteiger partial charge < -0.3 is 20.5 Å². The van der Waals surface area contributed by atoms with E-state index >= 15 is 0 Å². The predicted molar refractivity (Wildman–Crippen MR) is 128 cm³/mol. The van der Waals surface area contributed by atoms with Crippen molar-refractivity contribution in [3.05, 3.63) is 59.7 Å². The third-order valence-corrected chi connectivity index (χ3v) is 6.94. The van der Waals surface area contributed by atoms with Gasteiger partial charge in [-0.2, -0.15) is 0 Å². The van der Waals surface area contributed by atoms with Gasteiger partial charge in [-0.1, -0.05) is 74.2 Å². The minimum atomic E-state index is -1.21. The first kappa shape index (κ1) is 23.8. The van der Waals surface area contributed by atoms with Crippen LogP contribution in [0.1, 0.15) is 68.9 Å². The molecule has 0 spiro atoms. The average molecular weight is 465 g/mol. The third kappa shape index (κ3) is 5.08. The minimum Gasteiger partial charge on any atom is -0.480 e. The molecule has 2 aromatic carbocycles. The van der Waals surface area contributed by atoms with Crippen LogP contribution < -0.4 is 10.6 Å². The van der Waals surface area contributed by atoms with Crippen molar-refractivity contribution in [3.63, 3.8) is 0 Å². The molecule has 2 aromatic rings. The van der Waals surface area contributed by atoms with Crippen LogP contribution in [0.15, 0.2) is 48.5 Å². The van der Waals surface area contributed by atoms with E-state index in [0.717, 1.165) is 47.9 Å². The van der Waals surface area contributed by atoms with Crippen molar-refractivity contribution < 1.29 is 24.2 Å². The van der Waals surface area contributed by atoms with Gasteiger partial charge in [0.05, 0.1) is 0 Å². The standard InChI is InChI=1S/C27H32N2O5/c1-18(16-24(30)29-27(25(31)32)14-8-2-3-9-15-27)28-26(33)34-17-23-21-12-6-4-10-19(21)20-11-5-7-13-22(20)23/h4-7,10-13,18,23H,2-3,8-9,14-17H2,1H3,(H,28,33)(H,29,30)(H,31,32)/t18-/m1/s1. The first-order valence-corrected chi connectivity index (χ1v) is 12.1. The van der Waals surface area contributed by atoms with E-state index in [-0.39, 0.29) is 24.9 Å². The molecule has 0 saturated heterocycles. The molecule has 4 rings (SSSR count). The van der Waals surface area contributed by atoms with Crippen LogP contribution in [0.3, 0.4) is 0 Å². The number of hydrogen-bond donors (Lipinski definition) is 3. The van der Waals surface area contributed by atoms with Gasteiger partial charge in [-0.25, -0.2) is 9.59 Å². The maximum atomic E-state index is 12.6. The summed E-state index contributed by atoms with van der Waals surface area (Å²) in [4.78, 5) is 37.0. The van der Waals surface area contributed by atoms with Gasteiger partial charge in [0.1, 0.15) is 12.1 Å². The molecule has 0 aromatic heterocycles. The lowest BCUT2D eigenvalue weighted by Gasteiger charge is -2.30. The monoisotopic (exact) mass is 464 g/mol. The van der Waals surface area contributed by atoms with E-state index in [4.69, 9.17) is 4.74 Å². The first-order valence-electron chi connectivity index (χ1n) is 12.1. The first-order chi connectivity index (χ1) is 16.4. The lowest BCUT2D eigenvalue weighted by molar-refractivity contribution is -0.148. The number of carboxylic acids is 1. The van der Waals surface area contributed by atoms with Gasteiger partial charge in [0.15, 0.2) is 0 Å². The number of amides is 2. The fourth-order valence-electron chi connectivity index (χ4n) is 5.21. The Labute approximate surface area is 199 Å². The highest BCUT2D eigenvalue weighted by Crippen LogP contribution is 2.44. The molecule has 0 heterocycles. The number of carbonyl (C=O) groups is 3. The van der Waals surface area contributed by atoms with E-state index in [1.54, 1.807) is 6.92 Å². The molecule has 1 atom stereocenters. The van der Waals surface area contributed by atoms with Gasteiger partial charge in [0, 0.05) is 18.4 Å². The summed E-state index contributed by atoms with van der Waals surface area (Å²) in [6.45, 7) is 1.91. The molecule has 0 bridgehead atoms. The SMILES string of the molecule is C[C@H](CC(=O)NC1(C(=O)O)CCCCCC1)NC(=O)OCC1c2ccccc2-c2ccccc21. The number of rotatable bonds is 7. The molecule has 0 aliphatic heterocycles. The molecule has 0 unspecified atom stereocenters. The van der Waals surface area contributed by atoms with Crippen molar-refractivity contribution in [2.24, 2.45) is 0 Å². The van der Waals surface area contributed by atoms with Gasteiger partial charge in [-0.15, -0.1) is 0 Å². The smallest absolute Gasteiger partial charge is 0.407 e. The number of alkyl carbamates (subject to hydrolysis) is 1. The quantitative estimate of drug-likeness (QED) is 0.520. The lowest BCUT2D eigenvalue weighted by Crippen LogP contribution is -2.55. The Bertz CT molecular complexity index is 1010. The molecule has 7 nitrogen and oxygen atoms in total. The van der Waals surface area contributed by atoms with E-state index in [0.29, 0.717) is 12.8 Å². The zero-order chi connectivity index (χ0) is 24.1. The minimum absolute atomic E-state index is 0.0147. The van der Waals surface area contributed by atoms with Gasteiger partial charge in [0.25, 0.3) is 0 Å². The average Bonchev–Trinajstić information content (AvgIpc) is 2.93. The second kappa shape index (κ2) is 10.3. The summed E-state index contributed by atoms with van der Waals surface area (Å²) in [6.07, 6.45) is 3.77. The largest absolute Gasteiger partial charge is 0.480 e. The number of carboxylic acid groups (broad SMARTS) is 1. The summed E-state index contributed by atoms with van der Waals surface area (Å²) in [6, 6.07) is 15.7. The number of hydrogen-bond acceptors (Lipinski definition) is 4. The van der Waals surface area contributed by atoms with Crippen LogP contribution in [-0.4, -0.2) is 41.3 Å². The number of carbonyl (C=O) groups excluding carboxylic acids is 2. The molecule has 0 radical (unpaired) electrons. The Morgan fingerprint density at radius 3 is 2.09 bits per heavy atom. The maximum Gasteiger partial charge on any atom is 0.407 e. The van der Waals surface area contributed by atoms with E-state index in [1.807, 2.05) is 24.3 Å². The lowest BCUT2D eigenvalue weighted by atomic mass is 9.90. The van der Waals surface area contributed by atoms with Crippen molar-refractivity contribution >= 4 is 18.0 Å². The van der Waals surface area contributed by atoms with Gasteiger partial charge >= 0.3 is 12.1 Å². The van der Waals surface area contributed by atoms with Gasteiger partial charge in [-0.3, -0.25) is 4.79 Å². The van der Waals surface area contributed by atoms with Crippen molar-refractivity contribution in [2.45, 2.75) is 69.4 Å². The van der Waals surface area contributed by atoms with Crippen LogP contribution in [0.25, 0.3) is 11.1 Å². The third-order valence-electron chi connectivity index (χ3n) is 6.94. The zero-order valence-corrected chi connectivity index (χ0v) is 19.5. The molecule has 2 aliphatic rings. The molecular formula is C27H32N2O5. The summed E-state index contributed by atoms with van der Waals surface area (Å²) in [5.41, 5.74) is 3.36. The van der Waals surface area contributed by atoms with Crippen LogP contribution in [0.4, 0.5) is 4.79 Å². The van der Waals surface area contributed by atoms with E-state index in [9.17, 15) is 19.5 Å². The molecule has 2 amide bonds. The van der Waals surface area contributed by atoms with Gasteiger partial charge in [0.2, 0.25) is 5.91 Å². The highest BCUT2D eigenvalue weighted by atomic mass is 16.5. The molecular weight excluding hydrogens is 432 g/mol. The fourth-order valence-corrected chi connectivity index (χ4v) is 5.21. The van der Waals surface area contributed by atoms with E-state index in [2.05, 4.69) is 34.9 Å². The Balaban J connectivity index is 1.31. The Morgan fingerprint density at radius 2 is 1.53 bits per heavy atom. The predicted octanol–water partition coefficient (Wildman–Crippen LogP) is 4.60. The second-order valence-electron chi connectivity index (χ2n) is 9.42. The molecule has 2 aliphatic carbocycles. The summed E-state index contributed by atoms with van der Waals surface area (Å²) in [5.74, 6) is -1.40. The highest BCUT2D eigenvalue weighted by molar-refractivity contribution is 5.87. The highest BCUT2D eigenvalue weighted by Gasteiger charge is 2.40. The summed E-state index contributed by atoms with van der Waals surface area (Å²) >= 11 is 0.